The van der Waals surface area contributed by atoms with Crippen molar-refractivity contribution in [2.24, 2.45) is 0 Å². The van der Waals surface area contributed by atoms with E-state index >= 15 is 0 Å². The molecule has 4 rings (SSSR count). The summed E-state index contributed by atoms with van der Waals surface area (Å²) in [5, 5.41) is 0. The number of nitrogen functional groups attached to an aromatic ring is 1. The smallest absolute Gasteiger partial charge is 0.167 e. The third-order valence-corrected chi connectivity index (χ3v) is 4.71. The summed E-state index contributed by atoms with van der Waals surface area (Å²) in [5.41, 5.74) is 6.41. The third-order valence-electron chi connectivity index (χ3n) is 4.71. The molecule has 0 radical (unpaired) electrons. The van der Waals surface area contributed by atoms with Gasteiger partial charge in [-0.1, -0.05) is 0 Å². The molecule has 0 aliphatic carbocycles. The van der Waals surface area contributed by atoms with Gasteiger partial charge in [0.1, 0.15) is 29.7 Å². The summed E-state index contributed by atoms with van der Waals surface area (Å²) < 4.78 is 26.4. The van der Waals surface area contributed by atoms with Gasteiger partial charge in [0.15, 0.2) is 17.7 Å². The summed E-state index contributed by atoms with van der Waals surface area (Å²) in [4.78, 5) is 12.6. The average molecular weight is 363 g/mol. The van der Waals surface area contributed by atoms with Crippen molar-refractivity contribution in [3.05, 3.63) is 12.7 Å². The molecule has 9 nitrogen and oxygen atoms in total. The molecular weight excluding hydrogens is 338 g/mol. The van der Waals surface area contributed by atoms with Crippen LogP contribution in [0.2, 0.25) is 0 Å². The van der Waals surface area contributed by atoms with Crippen molar-refractivity contribution in [1.29, 1.82) is 0 Å². The number of rotatable bonds is 6. The van der Waals surface area contributed by atoms with E-state index in [9.17, 15) is 0 Å². The molecular formula is C17H25N5O4. The van der Waals surface area contributed by atoms with Crippen LogP contribution in [0.1, 0.15) is 33.9 Å². The fraction of sp³-hybridized carbons (Fsp3) is 0.706. The van der Waals surface area contributed by atoms with E-state index in [-0.39, 0.29) is 24.4 Å². The molecule has 1 unspecified atom stereocenters. The Hall–Kier alpha value is -1.81. The number of anilines is 1. The zero-order valence-corrected chi connectivity index (χ0v) is 15.5. The first kappa shape index (κ1) is 17.6. The Kier molecular flexibility index (Phi) is 4.34. The summed E-state index contributed by atoms with van der Waals surface area (Å²) >= 11 is 0. The number of nitrogens with two attached hydrogens (primary N) is 1. The van der Waals surface area contributed by atoms with Gasteiger partial charge in [-0.3, -0.25) is 4.57 Å². The largest absolute Gasteiger partial charge is 0.382 e. The normalized spacial score (nSPS) is 30.9. The highest BCUT2D eigenvalue weighted by atomic mass is 16.7. The number of imidazole rings is 1. The Morgan fingerprint density at radius 3 is 2.81 bits per heavy atom. The molecule has 0 saturated carbocycles. The van der Waals surface area contributed by atoms with Crippen LogP contribution in [0, 0.1) is 0 Å². The fourth-order valence-electron chi connectivity index (χ4n) is 3.58. The quantitative estimate of drug-likeness (QED) is 0.818. The van der Waals surface area contributed by atoms with Crippen LogP contribution >= 0.6 is 0 Å². The second-order valence-electron chi connectivity index (χ2n) is 7.40. The molecule has 4 atom stereocenters. The van der Waals surface area contributed by atoms with Gasteiger partial charge in [-0.25, -0.2) is 15.0 Å². The topological polar surface area (TPSA) is 107 Å². The van der Waals surface area contributed by atoms with Gasteiger partial charge in [-0.05, 0) is 27.7 Å². The molecule has 9 heteroatoms. The predicted octanol–water partition coefficient (Wildman–Crippen LogP) is 1.29. The first-order valence-corrected chi connectivity index (χ1v) is 8.91. The van der Waals surface area contributed by atoms with E-state index in [1.165, 1.54) is 6.33 Å². The van der Waals surface area contributed by atoms with Crippen molar-refractivity contribution in [1.82, 2.24) is 19.5 Å². The highest BCUT2D eigenvalue weighted by Crippen LogP contribution is 2.47. The molecule has 2 aliphatic heterocycles. The minimum atomic E-state index is -0.654. The van der Waals surface area contributed by atoms with E-state index in [1.807, 2.05) is 32.3 Å². The number of nitrogens with zero attached hydrogens (tertiary/aromatic N) is 4. The summed E-state index contributed by atoms with van der Waals surface area (Å²) in [5.74, 6) is 0.339. The molecule has 26 heavy (non-hydrogen) atoms. The maximum atomic E-state index is 6.45. The van der Waals surface area contributed by atoms with Gasteiger partial charge in [0.05, 0.1) is 31.7 Å². The molecule has 2 fully saturated rings. The summed E-state index contributed by atoms with van der Waals surface area (Å²) in [6, 6.07) is 0. The lowest BCUT2D eigenvalue weighted by atomic mass is 9.99. The average Bonchev–Trinajstić information content (AvgIpc) is 3.24. The molecule has 2 aliphatic rings. The van der Waals surface area contributed by atoms with E-state index in [1.54, 1.807) is 6.33 Å². The Bertz CT molecular complexity index is 795. The maximum absolute atomic E-state index is 6.45. The van der Waals surface area contributed by atoms with E-state index < -0.39 is 11.8 Å². The van der Waals surface area contributed by atoms with E-state index in [4.69, 9.17) is 24.7 Å². The van der Waals surface area contributed by atoms with Crippen LogP contribution in [-0.2, 0) is 18.9 Å². The molecule has 0 spiro atoms. The Labute approximate surface area is 151 Å². The van der Waals surface area contributed by atoms with Gasteiger partial charge >= 0.3 is 0 Å². The Balaban J connectivity index is 1.69. The van der Waals surface area contributed by atoms with Crippen molar-refractivity contribution >= 4 is 17.0 Å². The standard InChI is InChI=1S/C17H25N5O4/c1-9(2)23-5-17-6-24-12(13(17)25-10(3)4)16(26-17)22-8-21-11-14(18)19-7-20-15(11)22/h7-10,12-13,16H,5-6H2,1-4H3,(H2,18,19,20)/t12-,13?,16+,17-/m0/s1. The zero-order chi connectivity index (χ0) is 18.5. The molecule has 2 aromatic rings. The van der Waals surface area contributed by atoms with Crippen LogP contribution in [-0.4, -0.2) is 62.7 Å². The van der Waals surface area contributed by atoms with E-state index in [2.05, 4.69) is 15.0 Å². The number of hydrogen-bond donors (Lipinski definition) is 1. The SMILES string of the molecule is CC(C)OC[C@]12CO[C@@H](C1OC(C)C)[C@H](n1cnc3c(N)ncnc31)O2. The first-order valence-electron chi connectivity index (χ1n) is 8.91. The van der Waals surface area contributed by atoms with Gasteiger partial charge in [0.25, 0.3) is 0 Å². The van der Waals surface area contributed by atoms with E-state index in [0.29, 0.717) is 30.2 Å². The third kappa shape index (κ3) is 2.75. The lowest BCUT2D eigenvalue weighted by Gasteiger charge is -2.32. The number of fused-ring (bicyclic) bond motifs is 3. The minimum absolute atomic E-state index is 0.0440. The lowest BCUT2D eigenvalue weighted by Crippen LogP contribution is -2.47. The van der Waals surface area contributed by atoms with Gasteiger partial charge in [-0.15, -0.1) is 0 Å². The minimum Gasteiger partial charge on any atom is -0.382 e. The van der Waals surface area contributed by atoms with Gasteiger partial charge in [0.2, 0.25) is 0 Å². The van der Waals surface area contributed by atoms with Crippen molar-refractivity contribution in [3.63, 3.8) is 0 Å². The van der Waals surface area contributed by atoms with Gasteiger partial charge in [-0.2, -0.15) is 0 Å². The van der Waals surface area contributed by atoms with Gasteiger partial charge < -0.3 is 24.7 Å². The summed E-state index contributed by atoms with van der Waals surface area (Å²) in [6.45, 7) is 8.84. The van der Waals surface area contributed by atoms with Crippen LogP contribution in [0.4, 0.5) is 5.82 Å². The van der Waals surface area contributed by atoms with Crippen LogP contribution in [0.15, 0.2) is 12.7 Å². The number of hydrogen-bond acceptors (Lipinski definition) is 8. The van der Waals surface area contributed by atoms with Crippen molar-refractivity contribution in [2.45, 2.75) is 63.9 Å². The fourth-order valence-corrected chi connectivity index (χ4v) is 3.58. The first-order chi connectivity index (χ1) is 12.4. The molecule has 2 saturated heterocycles. The molecule has 0 amide bonds. The van der Waals surface area contributed by atoms with Crippen LogP contribution < -0.4 is 5.73 Å². The number of ether oxygens (including phenoxy) is 4. The zero-order valence-electron chi connectivity index (χ0n) is 15.5. The Morgan fingerprint density at radius 2 is 2.08 bits per heavy atom. The second kappa shape index (κ2) is 6.41. The highest BCUT2D eigenvalue weighted by Gasteiger charge is 2.63. The molecule has 4 heterocycles. The molecule has 2 N–H and O–H groups in total. The highest BCUT2D eigenvalue weighted by molar-refractivity contribution is 5.81. The molecule has 2 bridgehead atoms. The van der Waals surface area contributed by atoms with Crippen LogP contribution in [0.25, 0.3) is 11.2 Å². The molecule has 142 valence electrons. The monoisotopic (exact) mass is 363 g/mol. The Morgan fingerprint density at radius 1 is 1.27 bits per heavy atom. The molecule has 2 aromatic heterocycles. The number of aromatic nitrogens is 4. The second-order valence-corrected chi connectivity index (χ2v) is 7.40. The molecule has 0 aromatic carbocycles. The van der Waals surface area contributed by atoms with Crippen LogP contribution in [0.5, 0.6) is 0 Å². The van der Waals surface area contributed by atoms with Crippen molar-refractivity contribution < 1.29 is 18.9 Å². The lowest BCUT2D eigenvalue weighted by molar-refractivity contribution is -0.198. The van der Waals surface area contributed by atoms with Gasteiger partial charge in [0, 0.05) is 0 Å². The van der Waals surface area contributed by atoms with Crippen molar-refractivity contribution in [2.75, 3.05) is 18.9 Å². The summed E-state index contributed by atoms with van der Waals surface area (Å²) in [7, 11) is 0. The van der Waals surface area contributed by atoms with Crippen molar-refractivity contribution in [3.8, 4) is 0 Å². The predicted molar refractivity (Wildman–Crippen MR) is 93.4 cm³/mol. The summed E-state index contributed by atoms with van der Waals surface area (Å²) in [6.07, 6.45) is 2.29. The van der Waals surface area contributed by atoms with Crippen LogP contribution in [0.3, 0.4) is 0 Å². The van der Waals surface area contributed by atoms with E-state index in [0.717, 1.165) is 0 Å². The maximum Gasteiger partial charge on any atom is 0.167 e.